The van der Waals surface area contributed by atoms with Crippen molar-refractivity contribution < 1.29 is 14.0 Å². The Labute approximate surface area is 133 Å². The molecule has 1 atom stereocenters. The Balaban J connectivity index is 2.27. The van der Waals surface area contributed by atoms with Gasteiger partial charge in [-0.05, 0) is 37.3 Å². The molecule has 2 heterocycles. The highest BCUT2D eigenvalue weighted by molar-refractivity contribution is 9.09. The van der Waals surface area contributed by atoms with E-state index in [2.05, 4.69) is 35.1 Å². The molecule has 116 valence electrons. The van der Waals surface area contributed by atoms with Gasteiger partial charge in [0.1, 0.15) is 5.76 Å². The molecule has 1 unspecified atom stereocenters. The van der Waals surface area contributed by atoms with Gasteiger partial charge in [-0.2, -0.15) is 0 Å². The van der Waals surface area contributed by atoms with Crippen molar-refractivity contribution in [3.05, 3.63) is 24.2 Å². The molecule has 1 aromatic heterocycles. The van der Waals surface area contributed by atoms with E-state index in [0.717, 1.165) is 18.2 Å². The molecule has 21 heavy (non-hydrogen) atoms. The van der Waals surface area contributed by atoms with Crippen molar-refractivity contribution in [1.82, 2.24) is 10.2 Å². The van der Waals surface area contributed by atoms with Gasteiger partial charge in [0, 0.05) is 11.9 Å². The number of carbonyl (C=O) groups excluding carboxylic acids is 2. The minimum Gasteiger partial charge on any atom is -0.466 e. The molecule has 0 spiro atoms. The Morgan fingerprint density at radius 3 is 2.52 bits per heavy atom. The number of hydrogen-bond acceptors (Lipinski definition) is 3. The zero-order valence-corrected chi connectivity index (χ0v) is 14.2. The second-order valence-electron chi connectivity index (χ2n) is 5.76. The van der Waals surface area contributed by atoms with Crippen LogP contribution in [0.3, 0.4) is 0 Å². The first-order valence-corrected chi connectivity index (χ1v) is 8.28. The number of rotatable bonds is 6. The monoisotopic (exact) mass is 356 g/mol. The van der Waals surface area contributed by atoms with Crippen molar-refractivity contribution >= 4 is 27.9 Å². The molecule has 3 amide bonds. The predicted octanol–water partition coefficient (Wildman–Crippen LogP) is 3.25. The predicted molar refractivity (Wildman–Crippen MR) is 83.1 cm³/mol. The minimum atomic E-state index is -1.11. The molecule has 1 aromatic rings. The van der Waals surface area contributed by atoms with Crippen LogP contribution in [-0.4, -0.2) is 28.7 Å². The maximum absolute atomic E-state index is 12.7. The second-order valence-corrected chi connectivity index (χ2v) is 6.33. The lowest BCUT2D eigenvalue weighted by Gasteiger charge is -2.33. The van der Waals surface area contributed by atoms with E-state index in [1.54, 1.807) is 19.1 Å². The van der Waals surface area contributed by atoms with Gasteiger partial charge in [0.15, 0.2) is 5.54 Å². The second kappa shape index (κ2) is 5.83. The summed E-state index contributed by atoms with van der Waals surface area (Å²) in [4.78, 5) is 26.3. The fraction of sp³-hybridized carbons (Fsp3) is 0.600. The number of amides is 3. The molecule has 1 N–H and O–H groups in total. The van der Waals surface area contributed by atoms with Crippen molar-refractivity contribution in [3.8, 4) is 0 Å². The standard InChI is InChI=1S/C15H21BrN2O3/c1-4-15(5-2,9-16)10-18-12(19)14(3,17-13(18)20)11-7-6-8-21-11/h6-8H,4-5,9-10H2,1-3H3,(H,17,20). The van der Waals surface area contributed by atoms with Gasteiger partial charge >= 0.3 is 6.03 Å². The molecule has 0 bridgehead atoms. The average Bonchev–Trinajstić information content (AvgIpc) is 3.09. The molecule has 5 nitrogen and oxygen atoms in total. The van der Waals surface area contributed by atoms with Gasteiger partial charge in [0.25, 0.3) is 5.91 Å². The van der Waals surface area contributed by atoms with Crippen LogP contribution in [0.5, 0.6) is 0 Å². The van der Waals surface area contributed by atoms with Gasteiger partial charge in [0.05, 0.1) is 6.26 Å². The van der Waals surface area contributed by atoms with E-state index in [-0.39, 0.29) is 17.4 Å². The van der Waals surface area contributed by atoms with Crippen LogP contribution in [0, 0.1) is 5.41 Å². The summed E-state index contributed by atoms with van der Waals surface area (Å²) >= 11 is 3.52. The summed E-state index contributed by atoms with van der Waals surface area (Å²) in [7, 11) is 0. The Kier molecular flexibility index (Phi) is 4.46. The number of imide groups is 1. The highest BCUT2D eigenvalue weighted by Gasteiger charge is 2.52. The van der Waals surface area contributed by atoms with E-state index in [9.17, 15) is 9.59 Å². The number of nitrogens with one attached hydrogen (secondary N) is 1. The van der Waals surface area contributed by atoms with Crippen molar-refractivity contribution in [1.29, 1.82) is 0 Å². The number of nitrogens with zero attached hydrogens (tertiary/aromatic N) is 1. The van der Waals surface area contributed by atoms with Crippen LogP contribution in [0.25, 0.3) is 0 Å². The maximum Gasteiger partial charge on any atom is 0.325 e. The van der Waals surface area contributed by atoms with Crippen LogP contribution in [0.4, 0.5) is 4.79 Å². The average molecular weight is 357 g/mol. The van der Waals surface area contributed by atoms with Gasteiger partial charge in [-0.1, -0.05) is 29.8 Å². The SMILES string of the molecule is CCC(CC)(CBr)CN1C(=O)NC(C)(c2ccco2)C1=O. The molecular formula is C15H21BrN2O3. The lowest BCUT2D eigenvalue weighted by atomic mass is 9.84. The Morgan fingerprint density at radius 1 is 1.38 bits per heavy atom. The largest absolute Gasteiger partial charge is 0.466 e. The summed E-state index contributed by atoms with van der Waals surface area (Å²) in [5.74, 6) is 0.204. The van der Waals surface area contributed by atoms with Crippen LogP contribution in [0.2, 0.25) is 0 Å². The number of alkyl halides is 1. The number of hydrogen-bond donors (Lipinski definition) is 1. The molecule has 0 aromatic carbocycles. The fourth-order valence-electron chi connectivity index (χ4n) is 2.61. The van der Waals surface area contributed by atoms with E-state index >= 15 is 0 Å². The third-order valence-corrected chi connectivity index (χ3v) is 5.76. The van der Waals surface area contributed by atoms with Crippen LogP contribution in [0.15, 0.2) is 22.8 Å². The zero-order chi connectivity index (χ0) is 15.7. The molecule has 1 aliphatic heterocycles. The summed E-state index contributed by atoms with van der Waals surface area (Å²) < 4.78 is 5.33. The number of carbonyl (C=O) groups is 2. The van der Waals surface area contributed by atoms with E-state index in [4.69, 9.17) is 4.42 Å². The smallest absolute Gasteiger partial charge is 0.325 e. The van der Waals surface area contributed by atoms with Gasteiger partial charge in [-0.15, -0.1) is 0 Å². The molecule has 0 saturated carbocycles. The van der Waals surface area contributed by atoms with E-state index in [0.29, 0.717) is 12.3 Å². The molecule has 1 fully saturated rings. The lowest BCUT2D eigenvalue weighted by Crippen LogP contribution is -2.44. The topological polar surface area (TPSA) is 62.6 Å². The van der Waals surface area contributed by atoms with Crippen molar-refractivity contribution in [3.63, 3.8) is 0 Å². The first kappa shape index (κ1) is 16.1. The van der Waals surface area contributed by atoms with E-state index < -0.39 is 5.54 Å². The third kappa shape index (κ3) is 2.61. The first-order valence-electron chi connectivity index (χ1n) is 7.16. The summed E-state index contributed by atoms with van der Waals surface area (Å²) in [6, 6.07) is 3.06. The van der Waals surface area contributed by atoms with Gasteiger partial charge < -0.3 is 9.73 Å². The van der Waals surface area contributed by atoms with Crippen LogP contribution < -0.4 is 5.32 Å². The summed E-state index contributed by atoms with van der Waals surface area (Å²) in [5, 5.41) is 3.51. The van der Waals surface area contributed by atoms with Gasteiger partial charge in [0.2, 0.25) is 0 Å². The lowest BCUT2D eigenvalue weighted by molar-refractivity contribution is -0.132. The normalized spacial score (nSPS) is 22.8. The first-order chi connectivity index (χ1) is 9.92. The Morgan fingerprint density at radius 2 is 2.05 bits per heavy atom. The van der Waals surface area contributed by atoms with Gasteiger partial charge in [-0.3, -0.25) is 9.69 Å². The van der Waals surface area contributed by atoms with Crippen molar-refractivity contribution in [2.24, 2.45) is 5.41 Å². The van der Waals surface area contributed by atoms with Crippen LogP contribution in [-0.2, 0) is 10.3 Å². The molecule has 0 aliphatic carbocycles. The van der Waals surface area contributed by atoms with E-state index in [1.807, 2.05) is 0 Å². The molecule has 6 heteroatoms. The third-order valence-electron chi connectivity index (χ3n) is 4.57. The summed E-state index contributed by atoms with van der Waals surface area (Å²) in [6.45, 7) is 6.25. The summed E-state index contributed by atoms with van der Waals surface area (Å²) in [5.41, 5.74) is -1.21. The fourth-order valence-corrected chi connectivity index (χ4v) is 3.58. The minimum absolute atomic E-state index is 0.0958. The number of urea groups is 1. The molecule has 1 aliphatic rings. The molecule has 1 saturated heterocycles. The van der Waals surface area contributed by atoms with E-state index in [1.165, 1.54) is 11.2 Å². The van der Waals surface area contributed by atoms with Gasteiger partial charge in [-0.25, -0.2) is 4.79 Å². The Hall–Kier alpha value is -1.30. The molecule has 0 radical (unpaired) electrons. The maximum atomic E-state index is 12.7. The molecular weight excluding hydrogens is 336 g/mol. The number of halogens is 1. The van der Waals surface area contributed by atoms with Crippen molar-refractivity contribution in [2.45, 2.75) is 39.2 Å². The van der Waals surface area contributed by atoms with Crippen LogP contribution >= 0.6 is 15.9 Å². The number of furan rings is 1. The molecule has 2 rings (SSSR count). The Bertz CT molecular complexity index is 517. The highest BCUT2D eigenvalue weighted by atomic mass is 79.9. The highest BCUT2D eigenvalue weighted by Crippen LogP contribution is 2.35. The van der Waals surface area contributed by atoms with Crippen molar-refractivity contribution in [2.75, 3.05) is 11.9 Å². The summed E-state index contributed by atoms with van der Waals surface area (Å²) in [6.07, 6.45) is 3.29. The zero-order valence-electron chi connectivity index (χ0n) is 12.6. The quantitative estimate of drug-likeness (QED) is 0.628. The van der Waals surface area contributed by atoms with Crippen LogP contribution in [0.1, 0.15) is 39.4 Å².